The highest BCUT2D eigenvalue weighted by atomic mass is 32.2. The Kier molecular flexibility index (Phi) is 4.92. The highest BCUT2D eigenvalue weighted by Gasteiger charge is 2.43. The predicted octanol–water partition coefficient (Wildman–Crippen LogP) is 3.17. The lowest BCUT2D eigenvalue weighted by atomic mass is 10.2. The smallest absolute Gasteiger partial charge is 0.407 e. The lowest BCUT2D eigenvalue weighted by Crippen LogP contribution is -2.37. The van der Waals surface area contributed by atoms with E-state index < -0.39 is 27.9 Å². The van der Waals surface area contributed by atoms with Crippen LogP contribution in [-0.2, 0) is 10.2 Å². The number of carboxylic acid groups (broad SMARTS) is 1. The van der Waals surface area contributed by atoms with Gasteiger partial charge in [-0.05, 0) is 36.8 Å². The number of rotatable bonds is 5. The van der Waals surface area contributed by atoms with E-state index in [0.29, 0.717) is 0 Å². The van der Waals surface area contributed by atoms with Gasteiger partial charge in [-0.3, -0.25) is 0 Å². The third-order valence-electron chi connectivity index (χ3n) is 4.17. The number of carbonyl (C=O) groups is 1. The van der Waals surface area contributed by atoms with Gasteiger partial charge in [-0.2, -0.15) is 8.42 Å². The van der Waals surface area contributed by atoms with Crippen molar-refractivity contribution < 1.29 is 27.1 Å². The van der Waals surface area contributed by atoms with Gasteiger partial charge in [-0.25, -0.2) is 22.2 Å². The first-order valence-corrected chi connectivity index (χ1v) is 9.44. The molecule has 0 aromatic heterocycles. The number of anilines is 3. The fourth-order valence-electron chi connectivity index (χ4n) is 2.90. The minimum atomic E-state index is -4.20. The fraction of sp³-hybridized carbons (Fsp3) is 0.235. The van der Waals surface area contributed by atoms with Gasteiger partial charge in [0.25, 0.3) is 0 Å². The molecule has 0 aliphatic carbocycles. The fourth-order valence-corrected chi connectivity index (χ4v) is 4.65. The molecule has 1 N–H and O–H groups in total. The van der Waals surface area contributed by atoms with Crippen molar-refractivity contribution in [2.45, 2.75) is 6.42 Å². The molecule has 144 valence electrons. The molecule has 0 atom stereocenters. The van der Waals surface area contributed by atoms with Crippen LogP contribution in [0.15, 0.2) is 42.5 Å². The second-order valence-corrected chi connectivity index (χ2v) is 7.69. The molecule has 0 saturated carbocycles. The lowest BCUT2D eigenvalue weighted by molar-refractivity contribution is 0.156. The van der Waals surface area contributed by atoms with Crippen LogP contribution in [0.25, 0.3) is 0 Å². The minimum absolute atomic E-state index is 0.0482. The number of para-hydroxylation sites is 1. The Morgan fingerprint density at radius 2 is 1.89 bits per heavy atom. The Labute approximate surface area is 155 Å². The Bertz CT molecular complexity index is 984. The molecule has 3 rings (SSSR count). The minimum Gasteiger partial charge on any atom is -0.465 e. The van der Waals surface area contributed by atoms with Crippen LogP contribution in [0.2, 0.25) is 0 Å². The molecule has 1 amide bonds. The van der Waals surface area contributed by atoms with Crippen molar-refractivity contribution >= 4 is 33.4 Å². The highest BCUT2D eigenvalue weighted by Crippen LogP contribution is 2.46. The number of halogens is 2. The first kappa shape index (κ1) is 18.9. The topological polar surface area (TPSA) is 81.2 Å². The third-order valence-corrected chi connectivity index (χ3v) is 5.96. The van der Waals surface area contributed by atoms with Crippen molar-refractivity contribution in [1.82, 2.24) is 4.90 Å². The van der Waals surface area contributed by atoms with Gasteiger partial charge in [0.2, 0.25) is 0 Å². The van der Waals surface area contributed by atoms with E-state index in [-0.39, 0.29) is 36.6 Å². The maximum atomic E-state index is 14.5. The molecular formula is C17H17F2N3O4S. The van der Waals surface area contributed by atoms with E-state index in [4.69, 9.17) is 5.11 Å². The van der Waals surface area contributed by atoms with Gasteiger partial charge < -0.3 is 10.0 Å². The largest absolute Gasteiger partial charge is 0.465 e. The number of fused-ring (bicyclic) bond motifs is 1. The first-order valence-electron chi connectivity index (χ1n) is 8.04. The van der Waals surface area contributed by atoms with E-state index in [1.54, 1.807) is 0 Å². The van der Waals surface area contributed by atoms with Crippen molar-refractivity contribution in [3.05, 3.63) is 54.1 Å². The van der Waals surface area contributed by atoms with E-state index in [0.717, 1.165) is 25.6 Å². The van der Waals surface area contributed by atoms with E-state index in [1.165, 1.54) is 37.4 Å². The maximum absolute atomic E-state index is 14.5. The summed E-state index contributed by atoms with van der Waals surface area (Å²) in [5.41, 5.74) is -0.0149. The first-order chi connectivity index (χ1) is 12.7. The zero-order chi connectivity index (χ0) is 19.8. The van der Waals surface area contributed by atoms with Crippen molar-refractivity contribution in [2.24, 2.45) is 0 Å². The Hall–Kier alpha value is -2.88. The van der Waals surface area contributed by atoms with Crippen molar-refractivity contribution in [3.8, 4) is 0 Å². The van der Waals surface area contributed by atoms with Crippen LogP contribution >= 0.6 is 0 Å². The molecule has 0 saturated heterocycles. The summed E-state index contributed by atoms with van der Waals surface area (Å²) in [4.78, 5) is 11.9. The lowest BCUT2D eigenvalue weighted by Gasteiger charge is -2.22. The molecule has 0 bridgehead atoms. The van der Waals surface area contributed by atoms with Gasteiger partial charge >= 0.3 is 16.3 Å². The standard InChI is InChI=1S/C17H17F2N3O4S/c1-20(17(23)24)9-4-10-21-16-14(19)7-3-8-15(16)22(27(21,25)26)13-6-2-5-12(18)11-13/h2-3,5-8,11H,4,9-10H2,1H3,(H,23,24). The average molecular weight is 397 g/mol. The predicted molar refractivity (Wildman–Crippen MR) is 96.5 cm³/mol. The quantitative estimate of drug-likeness (QED) is 0.840. The summed E-state index contributed by atoms with van der Waals surface area (Å²) in [5, 5.41) is 8.89. The van der Waals surface area contributed by atoms with Gasteiger partial charge in [-0.15, -0.1) is 0 Å². The van der Waals surface area contributed by atoms with E-state index >= 15 is 0 Å². The summed E-state index contributed by atoms with van der Waals surface area (Å²) in [5.74, 6) is -1.36. The monoisotopic (exact) mass is 397 g/mol. The van der Waals surface area contributed by atoms with E-state index in [9.17, 15) is 22.0 Å². The zero-order valence-electron chi connectivity index (χ0n) is 14.3. The summed E-state index contributed by atoms with van der Waals surface area (Å²) in [6, 6.07) is 8.95. The molecule has 10 heteroatoms. The van der Waals surface area contributed by atoms with Crippen molar-refractivity contribution in [2.75, 3.05) is 28.7 Å². The van der Waals surface area contributed by atoms with Crippen molar-refractivity contribution in [3.63, 3.8) is 0 Å². The van der Waals surface area contributed by atoms with Gasteiger partial charge in [0, 0.05) is 20.1 Å². The van der Waals surface area contributed by atoms with Crippen LogP contribution in [0.1, 0.15) is 6.42 Å². The van der Waals surface area contributed by atoms with Gasteiger partial charge in [0.15, 0.2) is 0 Å². The van der Waals surface area contributed by atoms with E-state index in [1.807, 2.05) is 0 Å². The molecule has 2 aromatic carbocycles. The summed E-state index contributed by atoms with van der Waals surface area (Å²) in [6.07, 6.45) is -0.987. The third kappa shape index (κ3) is 3.39. The summed E-state index contributed by atoms with van der Waals surface area (Å²) < 4.78 is 56.0. The second kappa shape index (κ2) is 7.03. The Balaban J connectivity index is 2.00. The second-order valence-electron chi connectivity index (χ2n) is 5.99. The van der Waals surface area contributed by atoms with Crippen LogP contribution in [-0.4, -0.2) is 44.7 Å². The normalized spacial score (nSPS) is 14.9. The van der Waals surface area contributed by atoms with Crippen LogP contribution in [0.5, 0.6) is 0 Å². The highest BCUT2D eigenvalue weighted by molar-refractivity contribution is 7.95. The molecule has 0 spiro atoms. The van der Waals surface area contributed by atoms with Crippen LogP contribution in [0.3, 0.4) is 0 Å². The summed E-state index contributed by atoms with van der Waals surface area (Å²) >= 11 is 0. The number of hydrogen-bond acceptors (Lipinski definition) is 3. The average Bonchev–Trinajstić information content (AvgIpc) is 2.82. The van der Waals surface area contributed by atoms with Gasteiger partial charge in [0.05, 0.1) is 11.4 Å². The summed E-state index contributed by atoms with van der Waals surface area (Å²) in [7, 11) is -2.85. The Morgan fingerprint density at radius 3 is 2.56 bits per heavy atom. The molecule has 0 fully saturated rings. The molecule has 1 aliphatic heterocycles. The number of hydrogen-bond donors (Lipinski definition) is 1. The number of benzene rings is 2. The SMILES string of the molecule is CN(CCCN1c2c(F)cccc2N(c2cccc(F)c2)S1(=O)=O)C(=O)O. The van der Waals surface area contributed by atoms with Gasteiger partial charge in [0.1, 0.15) is 17.3 Å². The molecule has 7 nitrogen and oxygen atoms in total. The number of nitrogens with zero attached hydrogens (tertiary/aromatic N) is 3. The van der Waals surface area contributed by atoms with Gasteiger partial charge in [-0.1, -0.05) is 12.1 Å². The van der Waals surface area contributed by atoms with Crippen LogP contribution in [0.4, 0.5) is 30.6 Å². The molecule has 0 radical (unpaired) electrons. The van der Waals surface area contributed by atoms with Crippen LogP contribution in [0, 0.1) is 11.6 Å². The molecule has 0 unspecified atom stereocenters. The zero-order valence-corrected chi connectivity index (χ0v) is 15.2. The maximum Gasteiger partial charge on any atom is 0.407 e. The molecular weight excluding hydrogens is 380 g/mol. The number of amides is 1. The summed E-state index contributed by atoms with van der Waals surface area (Å²) in [6.45, 7) is -0.0508. The molecule has 1 heterocycles. The van der Waals surface area contributed by atoms with Crippen LogP contribution < -0.4 is 8.61 Å². The Morgan fingerprint density at radius 1 is 1.19 bits per heavy atom. The van der Waals surface area contributed by atoms with E-state index in [2.05, 4.69) is 0 Å². The molecule has 27 heavy (non-hydrogen) atoms. The van der Waals surface area contributed by atoms with Crippen molar-refractivity contribution in [1.29, 1.82) is 0 Å². The molecule has 1 aliphatic rings. The molecule has 2 aromatic rings.